The first-order valence-corrected chi connectivity index (χ1v) is 16.5. The summed E-state index contributed by atoms with van der Waals surface area (Å²) in [6.07, 6.45) is 8.13. The molecule has 2 aliphatic rings. The first kappa shape index (κ1) is 29.2. The van der Waals surface area contributed by atoms with E-state index in [0.29, 0.717) is 22.9 Å². The van der Waals surface area contributed by atoms with Gasteiger partial charge in [-0.1, -0.05) is 97.1 Å². The van der Waals surface area contributed by atoms with Crippen LogP contribution < -0.4 is 9.47 Å². The van der Waals surface area contributed by atoms with Crippen LogP contribution in [0.2, 0.25) is 0 Å². The topological polar surface area (TPSA) is 75.8 Å². The fraction of sp³-hybridized carbons (Fsp3) is 0. The molecule has 0 atom stereocenters. The van der Waals surface area contributed by atoms with E-state index < -0.39 is 0 Å². The molecule has 2 aliphatic heterocycles. The number of nitrogens with zero attached hydrogens (tertiary/aromatic N) is 2. The van der Waals surface area contributed by atoms with Crippen molar-refractivity contribution < 1.29 is 9.47 Å². The highest BCUT2D eigenvalue weighted by molar-refractivity contribution is 5.95. The lowest BCUT2D eigenvalue weighted by Gasteiger charge is -2.08. The molecule has 7 aromatic rings. The number of aromatic amines is 2. The van der Waals surface area contributed by atoms with Gasteiger partial charge >= 0.3 is 0 Å². The molecule has 0 radical (unpaired) electrons. The Morgan fingerprint density at radius 2 is 0.680 bits per heavy atom. The highest BCUT2D eigenvalue weighted by Crippen LogP contribution is 2.39. The number of hydrogen-bond donors (Lipinski definition) is 2. The van der Waals surface area contributed by atoms with E-state index >= 15 is 0 Å². The third-order valence-electron chi connectivity index (χ3n) is 8.71. The number of ether oxygens (including phenoxy) is 2. The fourth-order valence-electron chi connectivity index (χ4n) is 6.40. The molecule has 4 aromatic carbocycles. The average molecular weight is 647 g/mol. The van der Waals surface area contributed by atoms with Gasteiger partial charge in [0, 0.05) is 22.2 Å². The lowest BCUT2D eigenvalue weighted by Crippen LogP contribution is -1.91. The van der Waals surface area contributed by atoms with Crippen molar-refractivity contribution in [3.05, 3.63) is 168 Å². The molecule has 238 valence electrons. The number of nitrogens with one attached hydrogen (secondary N) is 2. The molecular formula is C44H30N4O2. The number of fused-ring (bicyclic) bond motifs is 8. The first-order chi connectivity index (χ1) is 24.8. The van der Waals surface area contributed by atoms with Crippen LogP contribution in [0.1, 0.15) is 22.8 Å². The predicted molar refractivity (Wildman–Crippen MR) is 203 cm³/mol. The Bertz CT molecular complexity index is 2390. The van der Waals surface area contributed by atoms with E-state index in [9.17, 15) is 0 Å². The highest BCUT2D eigenvalue weighted by Gasteiger charge is 2.19. The predicted octanol–water partition coefficient (Wildman–Crippen LogP) is 11.6. The van der Waals surface area contributed by atoms with Crippen molar-refractivity contribution in [3.8, 4) is 45.3 Å². The van der Waals surface area contributed by atoms with Gasteiger partial charge in [0.25, 0.3) is 0 Å². The summed E-state index contributed by atoms with van der Waals surface area (Å²) in [4.78, 5) is 17.8. The Labute approximate surface area is 288 Å². The Hall–Kier alpha value is -6.92. The first-order valence-electron chi connectivity index (χ1n) is 16.5. The van der Waals surface area contributed by atoms with E-state index in [0.717, 1.165) is 67.2 Å². The van der Waals surface area contributed by atoms with Gasteiger partial charge in [-0.05, 0) is 84.0 Å². The van der Waals surface area contributed by atoms with Gasteiger partial charge in [-0.15, -0.1) is 0 Å². The standard InChI is InChI=1S/C44H30N4O2/c1-5-13-29(14-6-1)41-33-21-25-37(45-33)43(49-31-17-9-3-10-18-31)39-27-23-35(47-39)42(30-15-7-2-8-16-30)36-24-28-40(48-36)44(38-26-22-34(41)46-38)50-32-19-11-4-12-20-32/h1-28,45,48H. The molecule has 0 saturated carbocycles. The van der Waals surface area contributed by atoms with E-state index in [1.165, 1.54) is 0 Å². The quantitative estimate of drug-likeness (QED) is 0.188. The summed E-state index contributed by atoms with van der Waals surface area (Å²) in [5, 5.41) is 0. The van der Waals surface area contributed by atoms with Crippen LogP contribution in [0.3, 0.4) is 0 Å². The van der Waals surface area contributed by atoms with E-state index in [1.54, 1.807) is 0 Å². The van der Waals surface area contributed by atoms with Crippen LogP contribution >= 0.6 is 0 Å². The van der Waals surface area contributed by atoms with Gasteiger partial charge < -0.3 is 19.4 Å². The maximum atomic E-state index is 6.63. The van der Waals surface area contributed by atoms with Gasteiger partial charge in [0.15, 0.2) is 11.5 Å². The van der Waals surface area contributed by atoms with Gasteiger partial charge in [-0.3, -0.25) is 0 Å². The second-order valence-corrected chi connectivity index (χ2v) is 12.0. The van der Waals surface area contributed by atoms with Gasteiger partial charge in [-0.2, -0.15) is 0 Å². The van der Waals surface area contributed by atoms with Crippen LogP contribution in [0, 0.1) is 0 Å². The Morgan fingerprint density at radius 1 is 0.340 bits per heavy atom. The zero-order valence-electron chi connectivity index (χ0n) is 26.9. The minimum absolute atomic E-state index is 0.621. The minimum Gasteiger partial charge on any atom is -0.453 e. The lowest BCUT2D eigenvalue weighted by molar-refractivity contribution is 0.484. The minimum atomic E-state index is 0.621. The molecular weight excluding hydrogens is 617 g/mol. The van der Waals surface area contributed by atoms with Crippen molar-refractivity contribution in [2.75, 3.05) is 0 Å². The number of benzene rings is 4. The summed E-state index contributed by atoms with van der Waals surface area (Å²) < 4.78 is 13.3. The molecule has 3 aromatic heterocycles. The number of hydrogen-bond acceptors (Lipinski definition) is 4. The smallest absolute Gasteiger partial charge is 0.176 e. The third kappa shape index (κ3) is 5.55. The van der Waals surface area contributed by atoms with Crippen LogP contribution in [0.15, 0.2) is 146 Å². The molecule has 0 amide bonds. The van der Waals surface area contributed by atoms with Crippen LogP contribution in [0.5, 0.6) is 23.0 Å². The van der Waals surface area contributed by atoms with E-state index in [2.05, 4.69) is 46.4 Å². The van der Waals surface area contributed by atoms with E-state index in [4.69, 9.17) is 19.4 Å². The Morgan fingerprint density at radius 3 is 1.08 bits per heavy atom. The van der Waals surface area contributed by atoms with Crippen molar-refractivity contribution >= 4 is 46.4 Å². The summed E-state index contributed by atoms with van der Waals surface area (Å²) in [6, 6.07) is 48.4. The molecule has 8 bridgehead atoms. The van der Waals surface area contributed by atoms with Gasteiger partial charge in [0.1, 0.15) is 22.9 Å². The summed E-state index contributed by atoms with van der Waals surface area (Å²) in [7, 11) is 0. The van der Waals surface area contributed by atoms with Crippen LogP contribution in [0.4, 0.5) is 0 Å². The SMILES string of the molecule is C1=Cc2nc1c(Oc1ccccc1)c1ccc([nH]1)c(-c1ccccc1)c1nc(c(Oc3ccccc3)c3ccc([nH]3)c2-c2ccccc2)C=C1. The zero-order chi connectivity index (χ0) is 33.3. The molecule has 6 nitrogen and oxygen atoms in total. The summed E-state index contributed by atoms with van der Waals surface area (Å²) in [5.74, 6) is 2.68. The lowest BCUT2D eigenvalue weighted by atomic mass is 10.0. The molecule has 50 heavy (non-hydrogen) atoms. The summed E-state index contributed by atoms with van der Waals surface area (Å²) in [5.41, 5.74) is 10.4. The molecule has 0 fully saturated rings. The molecule has 2 N–H and O–H groups in total. The van der Waals surface area contributed by atoms with Crippen LogP contribution in [-0.4, -0.2) is 19.9 Å². The van der Waals surface area contributed by atoms with Crippen molar-refractivity contribution in [1.82, 2.24) is 19.9 Å². The monoisotopic (exact) mass is 646 g/mol. The molecule has 0 saturated heterocycles. The van der Waals surface area contributed by atoms with Crippen LogP contribution in [-0.2, 0) is 0 Å². The maximum absolute atomic E-state index is 6.63. The summed E-state index contributed by atoms with van der Waals surface area (Å²) in [6.45, 7) is 0. The normalized spacial score (nSPS) is 11.8. The molecule has 5 heterocycles. The second kappa shape index (κ2) is 12.6. The molecule has 6 heteroatoms. The van der Waals surface area contributed by atoms with Crippen LogP contribution in [0.25, 0.3) is 68.6 Å². The Balaban J connectivity index is 1.42. The zero-order valence-corrected chi connectivity index (χ0v) is 26.9. The van der Waals surface area contributed by atoms with E-state index in [1.807, 2.05) is 133 Å². The number of para-hydroxylation sites is 2. The second-order valence-electron chi connectivity index (χ2n) is 12.0. The van der Waals surface area contributed by atoms with E-state index in [-0.39, 0.29) is 0 Å². The highest BCUT2D eigenvalue weighted by atomic mass is 16.5. The van der Waals surface area contributed by atoms with Crippen molar-refractivity contribution in [1.29, 1.82) is 0 Å². The average Bonchev–Trinajstić information content (AvgIpc) is 4.01. The van der Waals surface area contributed by atoms with Gasteiger partial charge in [0.2, 0.25) is 0 Å². The number of aromatic nitrogens is 4. The fourth-order valence-corrected chi connectivity index (χ4v) is 6.40. The molecule has 0 unspecified atom stereocenters. The third-order valence-corrected chi connectivity index (χ3v) is 8.71. The Kier molecular flexibility index (Phi) is 7.37. The molecule has 0 aliphatic carbocycles. The number of rotatable bonds is 6. The van der Waals surface area contributed by atoms with Crippen molar-refractivity contribution in [3.63, 3.8) is 0 Å². The maximum Gasteiger partial charge on any atom is 0.176 e. The largest absolute Gasteiger partial charge is 0.453 e. The van der Waals surface area contributed by atoms with Crippen molar-refractivity contribution in [2.45, 2.75) is 0 Å². The number of H-pyrrole nitrogens is 2. The van der Waals surface area contributed by atoms with Crippen molar-refractivity contribution in [2.24, 2.45) is 0 Å². The van der Waals surface area contributed by atoms with Gasteiger partial charge in [-0.25, -0.2) is 9.97 Å². The molecule has 9 rings (SSSR count). The molecule has 0 spiro atoms. The van der Waals surface area contributed by atoms with Gasteiger partial charge in [0.05, 0.1) is 22.4 Å². The summed E-state index contributed by atoms with van der Waals surface area (Å²) >= 11 is 0.